The van der Waals surface area contributed by atoms with Crippen LogP contribution in [0.4, 0.5) is 10.1 Å². The molecule has 0 bridgehead atoms. The Hall–Kier alpha value is -4.81. The number of carbonyl (C=O) groups is 2. The van der Waals surface area contributed by atoms with Gasteiger partial charge >= 0.3 is 0 Å². The summed E-state index contributed by atoms with van der Waals surface area (Å²) >= 11 is 1.61. The van der Waals surface area contributed by atoms with Crippen molar-refractivity contribution in [2.45, 2.75) is 26.2 Å². The Kier molecular flexibility index (Phi) is 9.85. The molecule has 0 aliphatic carbocycles. The lowest BCUT2D eigenvalue weighted by atomic mass is 10.1. The van der Waals surface area contributed by atoms with E-state index in [1.807, 2.05) is 29.3 Å². The number of fused-ring (bicyclic) bond motifs is 1. The summed E-state index contributed by atoms with van der Waals surface area (Å²) in [7, 11) is 0. The number of rotatable bonds is 8. The lowest BCUT2D eigenvalue weighted by Gasteiger charge is -2.28. The minimum absolute atomic E-state index is 0.250. The molecule has 0 spiro atoms. The molecule has 2 aliphatic rings. The fraction of sp³-hybridized carbons (Fsp3) is 0.294. The number of hydrogen-bond acceptors (Lipinski definition) is 8. The molecule has 10 nitrogen and oxygen atoms in total. The van der Waals surface area contributed by atoms with Crippen molar-refractivity contribution in [2.24, 2.45) is 5.92 Å². The highest BCUT2D eigenvalue weighted by atomic mass is 32.1. The van der Waals surface area contributed by atoms with E-state index in [9.17, 15) is 14.0 Å². The Morgan fingerprint density at radius 2 is 1.96 bits per heavy atom. The van der Waals surface area contributed by atoms with E-state index in [4.69, 9.17) is 0 Å². The van der Waals surface area contributed by atoms with Gasteiger partial charge in [0, 0.05) is 54.9 Å². The number of anilines is 1. The highest BCUT2D eigenvalue weighted by Crippen LogP contribution is 2.31. The summed E-state index contributed by atoms with van der Waals surface area (Å²) in [5, 5.41) is 11.6. The Labute approximate surface area is 270 Å². The maximum absolute atomic E-state index is 12.9. The van der Waals surface area contributed by atoms with Gasteiger partial charge in [-0.1, -0.05) is 19.4 Å². The van der Waals surface area contributed by atoms with Crippen molar-refractivity contribution in [2.75, 3.05) is 38.0 Å². The smallest absolute Gasteiger partial charge is 0.237 e. The van der Waals surface area contributed by atoms with Crippen LogP contribution < -0.4 is 5.32 Å². The monoisotopic (exact) mass is 638 g/mol. The highest BCUT2D eigenvalue weighted by Gasteiger charge is 2.26. The van der Waals surface area contributed by atoms with Crippen molar-refractivity contribution >= 4 is 45.8 Å². The van der Waals surface area contributed by atoms with Crippen LogP contribution in [0.1, 0.15) is 31.2 Å². The third-order valence-corrected chi connectivity index (χ3v) is 9.41. The summed E-state index contributed by atoms with van der Waals surface area (Å²) in [5.74, 6) is 1.44. The van der Waals surface area contributed by atoms with Crippen LogP contribution >= 0.6 is 11.3 Å². The average molecular weight is 639 g/mol. The quantitative estimate of drug-likeness (QED) is 0.204. The number of hydrogen-bond donors (Lipinski definition) is 2. The summed E-state index contributed by atoms with van der Waals surface area (Å²) in [4.78, 5) is 41.4. The molecule has 1 fully saturated rings. The van der Waals surface area contributed by atoms with Crippen molar-refractivity contribution in [1.29, 1.82) is 0 Å². The largest absolute Gasteiger partial charge is 0.338 e. The Morgan fingerprint density at radius 1 is 1.13 bits per heavy atom. The maximum Gasteiger partial charge on any atom is 0.237 e. The summed E-state index contributed by atoms with van der Waals surface area (Å²) < 4.78 is 12.9. The van der Waals surface area contributed by atoms with Gasteiger partial charge in [0.1, 0.15) is 10.8 Å². The molecule has 5 aromatic rings. The van der Waals surface area contributed by atoms with Crippen LogP contribution in [0.15, 0.2) is 73.2 Å². The van der Waals surface area contributed by atoms with E-state index in [1.165, 1.54) is 30.5 Å². The molecule has 5 heterocycles. The summed E-state index contributed by atoms with van der Waals surface area (Å²) in [6.07, 6.45) is 11.4. The van der Waals surface area contributed by atoms with E-state index < -0.39 is 0 Å². The second-order valence-electron chi connectivity index (χ2n) is 11.3. The van der Waals surface area contributed by atoms with Gasteiger partial charge in [0.25, 0.3) is 0 Å². The van der Waals surface area contributed by atoms with Gasteiger partial charge in [-0.3, -0.25) is 19.6 Å². The zero-order chi connectivity index (χ0) is 31.9. The molecule has 2 aliphatic heterocycles. The number of aromatic amines is 1. The van der Waals surface area contributed by atoms with Gasteiger partial charge < -0.3 is 10.2 Å². The van der Waals surface area contributed by atoms with E-state index in [-0.39, 0.29) is 11.7 Å². The number of thiazole rings is 1. The third-order valence-electron chi connectivity index (χ3n) is 8.34. The van der Waals surface area contributed by atoms with Crippen LogP contribution in [0.5, 0.6) is 0 Å². The van der Waals surface area contributed by atoms with Gasteiger partial charge in [-0.25, -0.2) is 19.3 Å². The molecule has 1 saturated heterocycles. The molecule has 3 aromatic heterocycles. The molecule has 236 valence electrons. The van der Waals surface area contributed by atoms with Crippen LogP contribution in [0, 0.1) is 11.7 Å². The van der Waals surface area contributed by atoms with E-state index in [0.29, 0.717) is 31.0 Å². The summed E-state index contributed by atoms with van der Waals surface area (Å²) in [6.45, 7) is 6.37. The second-order valence-corrected chi connectivity index (χ2v) is 12.4. The molecule has 7 rings (SSSR count). The number of likely N-dealkylation sites (tertiary alicyclic amines) is 1. The molecular formula is C34H35FN8O2S. The van der Waals surface area contributed by atoms with E-state index >= 15 is 0 Å². The molecule has 12 heteroatoms. The Balaban J connectivity index is 0.000000172. The fourth-order valence-electron chi connectivity index (χ4n) is 5.72. The van der Waals surface area contributed by atoms with Gasteiger partial charge in [0.2, 0.25) is 12.3 Å². The minimum atomic E-state index is -0.285. The standard InChI is InChI=1S/C20H25N5OS.C14H10FN3O/c1-2-15-4-9-24(13-15)14-18(26)25-10-5-16(6-11-25)20-23-12-17(27-20)19-21-7-3-8-22-19;15-10-3-1-9(2-4-10)14-12-7-11(16-8-19)5-6-13(12)17-18-14/h3,5,7-8,12,15H,2,4,6,9-11,13-14H2,1H3;1-8H,(H,16,19)(H,17,18). The lowest BCUT2D eigenvalue weighted by molar-refractivity contribution is -0.131. The van der Waals surface area contributed by atoms with Gasteiger partial charge in [-0.05, 0) is 79.4 Å². The maximum atomic E-state index is 12.9. The molecule has 2 amide bonds. The van der Waals surface area contributed by atoms with E-state index in [1.54, 1.807) is 41.9 Å². The molecule has 0 saturated carbocycles. The van der Waals surface area contributed by atoms with Gasteiger partial charge in [-0.2, -0.15) is 5.10 Å². The first-order valence-electron chi connectivity index (χ1n) is 15.4. The number of carbonyl (C=O) groups excluding carboxylic acids is 2. The minimum Gasteiger partial charge on any atom is -0.338 e. The van der Waals surface area contributed by atoms with Crippen molar-refractivity contribution < 1.29 is 14.0 Å². The topological polar surface area (TPSA) is 120 Å². The van der Waals surface area contributed by atoms with Gasteiger partial charge in [0.05, 0.1) is 22.6 Å². The SMILES string of the molecule is CCC1CCN(CC(=O)N2CC=C(c3ncc(-c4ncccn4)s3)CC2)C1.O=CNc1ccc2[nH]nc(-c3ccc(F)cc3)c2c1. The average Bonchev–Trinajstić information content (AvgIpc) is 3.86. The van der Waals surface area contributed by atoms with Crippen LogP contribution in [0.3, 0.4) is 0 Å². The highest BCUT2D eigenvalue weighted by molar-refractivity contribution is 7.16. The van der Waals surface area contributed by atoms with Crippen LogP contribution in [-0.4, -0.2) is 80.0 Å². The number of aromatic nitrogens is 5. The molecule has 46 heavy (non-hydrogen) atoms. The number of halogens is 1. The number of nitrogens with one attached hydrogen (secondary N) is 2. The first kappa shape index (κ1) is 31.2. The Bertz CT molecular complexity index is 1820. The van der Waals surface area contributed by atoms with Crippen molar-refractivity contribution in [3.05, 3.63) is 84.0 Å². The second kappa shape index (κ2) is 14.5. The van der Waals surface area contributed by atoms with Gasteiger partial charge in [0.15, 0.2) is 5.82 Å². The predicted molar refractivity (Wildman–Crippen MR) is 178 cm³/mol. The van der Waals surface area contributed by atoms with Crippen LogP contribution in [0.25, 0.3) is 38.4 Å². The summed E-state index contributed by atoms with van der Waals surface area (Å²) in [6, 6.07) is 13.4. The number of H-pyrrole nitrogens is 1. The molecule has 2 N–H and O–H groups in total. The lowest BCUT2D eigenvalue weighted by Crippen LogP contribution is -2.41. The zero-order valence-electron chi connectivity index (χ0n) is 25.5. The van der Waals surface area contributed by atoms with E-state index in [0.717, 1.165) is 64.0 Å². The molecule has 2 aromatic carbocycles. The van der Waals surface area contributed by atoms with Crippen molar-refractivity contribution in [3.8, 4) is 22.0 Å². The fourth-order valence-corrected chi connectivity index (χ4v) is 6.66. The normalized spacial score (nSPS) is 16.5. The molecular weight excluding hydrogens is 603 g/mol. The molecule has 1 atom stereocenters. The van der Waals surface area contributed by atoms with Crippen LogP contribution in [0.2, 0.25) is 0 Å². The predicted octanol–water partition coefficient (Wildman–Crippen LogP) is 5.89. The van der Waals surface area contributed by atoms with Crippen LogP contribution in [-0.2, 0) is 9.59 Å². The van der Waals surface area contributed by atoms with Crippen molar-refractivity contribution in [1.82, 2.24) is 34.9 Å². The molecule has 1 unspecified atom stereocenters. The number of nitrogens with zero attached hydrogens (tertiary/aromatic N) is 6. The van der Waals surface area contributed by atoms with E-state index in [2.05, 4.69) is 48.4 Å². The molecule has 0 radical (unpaired) electrons. The number of benzene rings is 2. The zero-order valence-corrected chi connectivity index (χ0v) is 26.3. The summed E-state index contributed by atoms with van der Waals surface area (Å²) in [5.41, 5.74) is 4.31. The van der Waals surface area contributed by atoms with Gasteiger partial charge in [-0.15, -0.1) is 11.3 Å². The Morgan fingerprint density at radius 3 is 2.67 bits per heavy atom. The first-order valence-corrected chi connectivity index (χ1v) is 16.2. The first-order chi connectivity index (χ1) is 22.5. The number of amides is 2. The van der Waals surface area contributed by atoms with Crippen molar-refractivity contribution in [3.63, 3.8) is 0 Å². The third kappa shape index (κ3) is 7.35.